The van der Waals surface area contributed by atoms with Gasteiger partial charge in [0.2, 0.25) is 5.91 Å². The Balaban J connectivity index is 1.55. The highest BCUT2D eigenvalue weighted by Gasteiger charge is 2.35. The minimum absolute atomic E-state index is 0.0428. The van der Waals surface area contributed by atoms with E-state index in [1.807, 2.05) is 54.6 Å². The lowest BCUT2D eigenvalue weighted by Crippen LogP contribution is -2.24. The number of halogens is 3. The molecule has 1 fully saturated rings. The number of anilines is 1. The van der Waals surface area contributed by atoms with Crippen LogP contribution in [0.5, 0.6) is 0 Å². The maximum absolute atomic E-state index is 12.9. The van der Waals surface area contributed by atoms with Crippen LogP contribution in [0, 0.1) is 0 Å². The quantitative estimate of drug-likeness (QED) is 0.338. The summed E-state index contributed by atoms with van der Waals surface area (Å²) in [5.74, 6) is 0.860. The zero-order chi connectivity index (χ0) is 21.5. The van der Waals surface area contributed by atoms with Crippen molar-refractivity contribution in [2.45, 2.75) is 18.9 Å². The third kappa shape index (κ3) is 3.80. The summed E-state index contributed by atoms with van der Waals surface area (Å²) in [4.78, 5) is 19.5. The topological polar surface area (TPSA) is 38.1 Å². The van der Waals surface area contributed by atoms with E-state index in [1.165, 1.54) is 0 Å². The molecule has 156 valence electrons. The van der Waals surface area contributed by atoms with Crippen molar-refractivity contribution in [2.24, 2.45) is 0 Å². The van der Waals surface area contributed by atoms with Crippen molar-refractivity contribution in [3.05, 3.63) is 93.2 Å². The summed E-state index contributed by atoms with van der Waals surface area (Å²) < 4.78 is 2.15. The second kappa shape index (κ2) is 8.19. The second-order valence-corrected chi connectivity index (χ2v) is 8.89. The number of para-hydroxylation sites is 3. The van der Waals surface area contributed by atoms with Crippen molar-refractivity contribution in [1.82, 2.24) is 9.55 Å². The molecule has 0 radical (unpaired) electrons. The molecule has 1 unspecified atom stereocenters. The van der Waals surface area contributed by atoms with E-state index in [4.69, 9.17) is 39.8 Å². The van der Waals surface area contributed by atoms with E-state index in [0.717, 1.165) is 28.1 Å². The number of aromatic nitrogens is 2. The number of hydrogen-bond donors (Lipinski definition) is 0. The van der Waals surface area contributed by atoms with Gasteiger partial charge in [-0.1, -0.05) is 65.1 Å². The third-order valence-corrected chi connectivity index (χ3v) is 6.57. The molecule has 0 spiro atoms. The van der Waals surface area contributed by atoms with Crippen LogP contribution in [-0.2, 0) is 11.3 Å². The van der Waals surface area contributed by atoms with E-state index in [1.54, 1.807) is 17.0 Å². The summed E-state index contributed by atoms with van der Waals surface area (Å²) >= 11 is 18.9. The fourth-order valence-electron chi connectivity index (χ4n) is 4.18. The number of hydrogen-bond acceptors (Lipinski definition) is 2. The molecule has 1 aliphatic heterocycles. The van der Waals surface area contributed by atoms with Crippen molar-refractivity contribution >= 4 is 57.4 Å². The number of carbonyl (C=O) groups excluding carboxylic acids is 1. The van der Waals surface area contributed by atoms with Crippen LogP contribution in [0.3, 0.4) is 0 Å². The summed E-state index contributed by atoms with van der Waals surface area (Å²) in [6.07, 6.45) is 0.378. The molecule has 0 bridgehead atoms. The van der Waals surface area contributed by atoms with Crippen LogP contribution in [0.1, 0.15) is 23.7 Å². The van der Waals surface area contributed by atoms with Gasteiger partial charge in [0.1, 0.15) is 5.82 Å². The Kier molecular flexibility index (Phi) is 5.39. The molecule has 0 saturated carbocycles. The van der Waals surface area contributed by atoms with Gasteiger partial charge in [0.05, 0.1) is 28.3 Å². The zero-order valence-electron chi connectivity index (χ0n) is 16.4. The number of carbonyl (C=O) groups is 1. The van der Waals surface area contributed by atoms with E-state index >= 15 is 0 Å². The highest BCUT2D eigenvalue weighted by molar-refractivity contribution is 6.35. The molecule has 1 saturated heterocycles. The molecule has 4 nitrogen and oxygen atoms in total. The first-order valence-corrected chi connectivity index (χ1v) is 11.1. The summed E-state index contributed by atoms with van der Waals surface area (Å²) in [5.41, 5.74) is 3.58. The molecule has 0 aliphatic carbocycles. The van der Waals surface area contributed by atoms with Crippen LogP contribution >= 0.6 is 34.8 Å². The molecular formula is C24H18Cl3N3O. The standard InChI is InChI=1S/C24H18Cl3N3O/c25-17-10-9-15(19(27)12-17)13-30-22-8-4-2-6-20(22)28-24(30)16-11-23(31)29(14-16)21-7-3-1-5-18(21)26/h1-10,12,16H,11,13-14H2. The fraction of sp³-hybridized carbons (Fsp3) is 0.167. The molecule has 31 heavy (non-hydrogen) atoms. The number of nitrogens with zero attached hydrogens (tertiary/aromatic N) is 3. The second-order valence-electron chi connectivity index (χ2n) is 7.64. The molecule has 3 aromatic carbocycles. The van der Waals surface area contributed by atoms with Crippen LogP contribution in [0.25, 0.3) is 11.0 Å². The molecule has 1 amide bonds. The van der Waals surface area contributed by atoms with E-state index in [9.17, 15) is 4.79 Å². The highest BCUT2D eigenvalue weighted by Crippen LogP contribution is 2.36. The number of imidazole rings is 1. The van der Waals surface area contributed by atoms with Crippen molar-refractivity contribution in [3.63, 3.8) is 0 Å². The van der Waals surface area contributed by atoms with Crippen LogP contribution in [0.15, 0.2) is 66.7 Å². The first-order valence-electron chi connectivity index (χ1n) is 9.95. The van der Waals surface area contributed by atoms with Crippen molar-refractivity contribution in [2.75, 3.05) is 11.4 Å². The molecule has 1 aromatic heterocycles. The Labute approximate surface area is 195 Å². The van der Waals surface area contributed by atoms with Gasteiger partial charge in [-0.25, -0.2) is 4.98 Å². The number of rotatable bonds is 4. The maximum atomic E-state index is 12.9. The van der Waals surface area contributed by atoms with Crippen molar-refractivity contribution in [1.29, 1.82) is 0 Å². The van der Waals surface area contributed by atoms with Crippen molar-refractivity contribution in [3.8, 4) is 0 Å². The fourth-order valence-corrected chi connectivity index (χ4v) is 4.88. The van der Waals surface area contributed by atoms with Gasteiger partial charge in [0, 0.05) is 28.9 Å². The minimum Gasteiger partial charge on any atom is -0.323 e. The summed E-state index contributed by atoms with van der Waals surface area (Å²) in [6, 6.07) is 20.9. The Morgan fingerprint density at radius 3 is 2.52 bits per heavy atom. The number of benzene rings is 3. The SMILES string of the molecule is O=C1CC(c2nc3ccccc3n2Cc2ccc(Cl)cc2Cl)CN1c1ccccc1Cl. The average Bonchev–Trinajstić information content (AvgIpc) is 3.31. The first kappa shape index (κ1) is 20.4. The smallest absolute Gasteiger partial charge is 0.227 e. The molecular weight excluding hydrogens is 453 g/mol. The van der Waals surface area contributed by atoms with E-state index in [-0.39, 0.29) is 11.8 Å². The number of amides is 1. The monoisotopic (exact) mass is 469 g/mol. The van der Waals surface area contributed by atoms with Crippen LogP contribution in [0.4, 0.5) is 5.69 Å². The lowest BCUT2D eigenvalue weighted by molar-refractivity contribution is -0.117. The molecule has 2 heterocycles. The molecule has 5 rings (SSSR count). The first-order chi connectivity index (χ1) is 15.0. The van der Waals surface area contributed by atoms with E-state index in [2.05, 4.69) is 4.57 Å². The van der Waals surface area contributed by atoms with E-state index < -0.39 is 0 Å². The average molecular weight is 471 g/mol. The van der Waals surface area contributed by atoms with Crippen LogP contribution < -0.4 is 4.90 Å². The summed E-state index contributed by atoms with van der Waals surface area (Å²) in [7, 11) is 0. The molecule has 0 N–H and O–H groups in total. The van der Waals surface area contributed by atoms with Crippen LogP contribution in [-0.4, -0.2) is 22.0 Å². The van der Waals surface area contributed by atoms with Gasteiger partial charge in [-0.2, -0.15) is 0 Å². The summed E-state index contributed by atoms with van der Waals surface area (Å²) in [5, 5.41) is 1.77. The van der Waals surface area contributed by atoms with Gasteiger partial charge in [0.25, 0.3) is 0 Å². The number of fused-ring (bicyclic) bond motifs is 1. The zero-order valence-corrected chi connectivity index (χ0v) is 18.7. The molecule has 4 aromatic rings. The predicted octanol–water partition coefficient (Wildman–Crippen LogP) is 6.57. The van der Waals surface area contributed by atoms with Crippen LogP contribution in [0.2, 0.25) is 15.1 Å². The summed E-state index contributed by atoms with van der Waals surface area (Å²) in [6.45, 7) is 1.07. The largest absolute Gasteiger partial charge is 0.323 e. The third-order valence-electron chi connectivity index (χ3n) is 5.66. The lowest BCUT2D eigenvalue weighted by Gasteiger charge is -2.18. The minimum atomic E-state index is -0.0535. The van der Waals surface area contributed by atoms with Gasteiger partial charge in [-0.3, -0.25) is 4.79 Å². The molecule has 7 heteroatoms. The Morgan fingerprint density at radius 2 is 1.71 bits per heavy atom. The Morgan fingerprint density at radius 1 is 0.935 bits per heavy atom. The van der Waals surface area contributed by atoms with E-state index in [0.29, 0.717) is 34.6 Å². The van der Waals surface area contributed by atoms with Gasteiger partial charge in [-0.05, 0) is 42.0 Å². The van der Waals surface area contributed by atoms with Crippen molar-refractivity contribution < 1.29 is 4.79 Å². The maximum Gasteiger partial charge on any atom is 0.227 e. The Bertz CT molecular complexity index is 1300. The van der Waals surface area contributed by atoms with Gasteiger partial charge in [0.15, 0.2) is 0 Å². The van der Waals surface area contributed by atoms with Gasteiger partial charge < -0.3 is 9.47 Å². The normalized spacial score (nSPS) is 16.4. The Hall–Kier alpha value is -2.53. The lowest BCUT2D eigenvalue weighted by atomic mass is 10.1. The predicted molar refractivity (Wildman–Crippen MR) is 126 cm³/mol. The van der Waals surface area contributed by atoms with Gasteiger partial charge in [-0.15, -0.1) is 0 Å². The molecule has 1 atom stereocenters. The highest BCUT2D eigenvalue weighted by atomic mass is 35.5. The van der Waals surface area contributed by atoms with Gasteiger partial charge >= 0.3 is 0 Å². The molecule has 1 aliphatic rings.